The minimum Gasteiger partial charge on any atom is -0.384 e. The summed E-state index contributed by atoms with van der Waals surface area (Å²) in [5.74, 6) is -5.03. The number of pyridine rings is 1. The average Bonchev–Trinajstić information content (AvgIpc) is 2.50. The minimum absolute atomic E-state index is 0. The fraction of sp³-hybridized carbons (Fsp3) is 0.133. The Morgan fingerprint density at radius 1 is 1.12 bits per heavy atom. The summed E-state index contributed by atoms with van der Waals surface area (Å²) in [6, 6.07) is 5.95. The third kappa shape index (κ3) is 5.84. The van der Waals surface area contributed by atoms with Crippen molar-refractivity contribution in [3.63, 3.8) is 0 Å². The number of rotatable bonds is 5. The van der Waals surface area contributed by atoms with Gasteiger partial charge >= 0.3 is 0 Å². The standard InChI is InChI=1S/C15H14F2N4O2.2ClH/c16-10-3-2-9(5-11(10)17)13(14(19)22)15(23)21-7-8-1-4-12(18)20-6-8;;/h1-6,13H,7H2,(H2,18,20)(H2,19,22)(H,21,23);2*1H/t13-;;/m0../s1. The molecule has 5 N–H and O–H groups in total. The molecule has 1 aromatic heterocycles. The lowest BCUT2D eigenvalue weighted by molar-refractivity contribution is -0.130. The number of nitrogen functional groups attached to an aromatic ring is 1. The molecule has 0 aliphatic rings. The second-order valence-corrected chi connectivity index (χ2v) is 4.82. The first-order valence-electron chi connectivity index (χ1n) is 6.61. The Balaban J connectivity index is 0.00000288. The lowest BCUT2D eigenvalue weighted by atomic mass is 9.97. The summed E-state index contributed by atoms with van der Waals surface area (Å²) in [4.78, 5) is 27.5. The minimum atomic E-state index is -1.42. The fourth-order valence-corrected chi connectivity index (χ4v) is 1.97. The summed E-state index contributed by atoms with van der Waals surface area (Å²) in [6.45, 7) is 0.0829. The Morgan fingerprint density at radius 2 is 1.80 bits per heavy atom. The van der Waals surface area contributed by atoms with Gasteiger partial charge in [0.1, 0.15) is 11.7 Å². The molecule has 0 aliphatic heterocycles. The first-order valence-corrected chi connectivity index (χ1v) is 6.61. The van der Waals surface area contributed by atoms with Gasteiger partial charge < -0.3 is 16.8 Å². The first-order chi connectivity index (χ1) is 10.9. The summed E-state index contributed by atoms with van der Waals surface area (Å²) >= 11 is 0. The largest absolute Gasteiger partial charge is 0.384 e. The smallest absolute Gasteiger partial charge is 0.237 e. The van der Waals surface area contributed by atoms with E-state index in [2.05, 4.69) is 10.3 Å². The molecule has 0 spiro atoms. The Labute approximate surface area is 154 Å². The summed E-state index contributed by atoms with van der Waals surface area (Å²) in [5, 5.41) is 2.50. The molecule has 0 saturated heterocycles. The summed E-state index contributed by atoms with van der Waals surface area (Å²) in [6.07, 6.45) is 1.46. The Kier molecular flexibility index (Phi) is 8.80. The van der Waals surface area contributed by atoms with Crippen LogP contribution in [0.3, 0.4) is 0 Å². The first kappa shape index (κ1) is 22.6. The average molecular weight is 393 g/mol. The predicted molar refractivity (Wildman–Crippen MR) is 93.3 cm³/mol. The van der Waals surface area contributed by atoms with Crippen LogP contribution in [0.2, 0.25) is 0 Å². The molecule has 1 aromatic carbocycles. The van der Waals surface area contributed by atoms with E-state index < -0.39 is 29.4 Å². The summed E-state index contributed by atoms with van der Waals surface area (Å²) in [5.41, 5.74) is 11.3. The van der Waals surface area contributed by atoms with E-state index in [9.17, 15) is 18.4 Å². The number of nitrogens with zero attached hydrogens (tertiary/aromatic N) is 1. The van der Waals surface area contributed by atoms with E-state index in [0.29, 0.717) is 11.4 Å². The van der Waals surface area contributed by atoms with Gasteiger partial charge in [-0.25, -0.2) is 13.8 Å². The van der Waals surface area contributed by atoms with Crippen LogP contribution in [0.4, 0.5) is 14.6 Å². The molecule has 0 aliphatic carbocycles. The van der Waals surface area contributed by atoms with Crippen molar-refractivity contribution in [1.82, 2.24) is 10.3 Å². The number of halogens is 4. The van der Waals surface area contributed by atoms with Crippen LogP contribution >= 0.6 is 24.8 Å². The SMILES string of the molecule is Cl.Cl.NC(=O)[C@@H](C(=O)NCc1ccc(N)nc1)c1ccc(F)c(F)c1. The number of nitrogens with one attached hydrogen (secondary N) is 1. The molecule has 1 heterocycles. The zero-order valence-electron chi connectivity index (χ0n) is 12.7. The summed E-state index contributed by atoms with van der Waals surface area (Å²) in [7, 11) is 0. The molecule has 10 heteroatoms. The third-order valence-corrected chi connectivity index (χ3v) is 3.14. The predicted octanol–water partition coefficient (Wildman–Crippen LogP) is 1.67. The van der Waals surface area contributed by atoms with Gasteiger partial charge in [-0.15, -0.1) is 24.8 Å². The van der Waals surface area contributed by atoms with Crippen molar-refractivity contribution < 1.29 is 18.4 Å². The molecular weight excluding hydrogens is 377 g/mol. The number of hydrogen-bond acceptors (Lipinski definition) is 4. The fourth-order valence-electron chi connectivity index (χ4n) is 1.97. The number of hydrogen-bond donors (Lipinski definition) is 3. The Bertz CT molecular complexity index is 745. The summed E-state index contributed by atoms with van der Waals surface area (Å²) < 4.78 is 26.2. The van der Waals surface area contributed by atoms with Crippen LogP contribution in [0.25, 0.3) is 0 Å². The number of benzene rings is 1. The molecule has 2 rings (SSSR count). The van der Waals surface area contributed by atoms with E-state index in [1.165, 1.54) is 6.20 Å². The van der Waals surface area contributed by atoms with Crippen molar-refractivity contribution in [2.45, 2.75) is 12.5 Å². The number of carbonyl (C=O) groups excluding carboxylic acids is 2. The second kappa shape index (κ2) is 9.75. The van der Waals surface area contributed by atoms with E-state index in [1.807, 2.05) is 0 Å². The van der Waals surface area contributed by atoms with Crippen LogP contribution in [0.5, 0.6) is 0 Å². The van der Waals surface area contributed by atoms with Crippen LogP contribution in [0.15, 0.2) is 36.5 Å². The van der Waals surface area contributed by atoms with Crippen molar-refractivity contribution >= 4 is 42.4 Å². The zero-order valence-corrected chi connectivity index (χ0v) is 14.4. The van der Waals surface area contributed by atoms with Gasteiger partial charge in [-0.1, -0.05) is 12.1 Å². The van der Waals surface area contributed by atoms with Crippen LogP contribution < -0.4 is 16.8 Å². The Morgan fingerprint density at radius 3 is 2.32 bits per heavy atom. The second-order valence-electron chi connectivity index (χ2n) is 4.82. The zero-order chi connectivity index (χ0) is 17.0. The van der Waals surface area contributed by atoms with Gasteiger partial charge in [-0.2, -0.15) is 0 Å². The van der Waals surface area contributed by atoms with Gasteiger partial charge in [-0.3, -0.25) is 9.59 Å². The van der Waals surface area contributed by atoms with E-state index in [0.717, 1.165) is 18.2 Å². The highest BCUT2D eigenvalue weighted by Crippen LogP contribution is 2.19. The maximum absolute atomic E-state index is 13.3. The highest BCUT2D eigenvalue weighted by atomic mass is 35.5. The molecule has 0 unspecified atom stereocenters. The molecule has 2 aromatic rings. The van der Waals surface area contributed by atoms with Crippen LogP contribution in [0, 0.1) is 11.6 Å². The molecule has 0 saturated carbocycles. The van der Waals surface area contributed by atoms with Gasteiger partial charge in [0.2, 0.25) is 11.8 Å². The molecule has 25 heavy (non-hydrogen) atoms. The number of aromatic nitrogens is 1. The van der Waals surface area contributed by atoms with Gasteiger partial charge in [0.25, 0.3) is 0 Å². The molecule has 1 atom stereocenters. The van der Waals surface area contributed by atoms with E-state index in [4.69, 9.17) is 11.5 Å². The molecule has 2 amide bonds. The monoisotopic (exact) mass is 392 g/mol. The number of primary amides is 1. The van der Waals surface area contributed by atoms with E-state index >= 15 is 0 Å². The van der Waals surface area contributed by atoms with Crippen molar-refractivity contribution in [2.75, 3.05) is 5.73 Å². The van der Waals surface area contributed by atoms with Crippen LogP contribution in [-0.4, -0.2) is 16.8 Å². The number of nitrogens with two attached hydrogens (primary N) is 2. The van der Waals surface area contributed by atoms with Gasteiger partial charge in [-0.05, 0) is 29.3 Å². The Hall–Kier alpha value is -2.45. The van der Waals surface area contributed by atoms with Gasteiger partial charge in [0.05, 0.1) is 0 Å². The van der Waals surface area contributed by atoms with Crippen LogP contribution in [0.1, 0.15) is 17.0 Å². The lowest BCUT2D eigenvalue weighted by Crippen LogP contribution is -2.36. The number of amides is 2. The van der Waals surface area contributed by atoms with Crippen molar-refractivity contribution in [3.05, 3.63) is 59.3 Å². The highest BCUT2D eigenvalue weighted by Gasteiger charge is 2.27. The topological polar surface area (TPSA) is 111 Å². The molecule has 0 radical (unpaired) electrons. The molecule has 6 nitrogen and oxygen atoms in total. The normalized spacial score (nSPS) is 10.8. The third-order valence-electron chi connectivity index (χ3n) is 3.14. The quantitative estimate of drug-likeness (QED) is 0.671. The lowest BCUT2D eigenvalue weighted by Gasteiger charge is -2.14. The van der Waals surface area contributed by atoms with E-state index in [1.54, 1.807) is 12.1 Å². The van der Waals surface area contributed by atoms with Crippen LogP contribution in [-0.2, 0) is 16.1 Å². The maximum atomic E-state index is 13.3. The highest BCUT2D eigenvalue weighted by molar-refractivity contribution is 6.05. The van der Waals surface area contributed by atoms with Crippen molar-refractivity contribution in [2.24, 2.45) is 5.73 Å². The maximum Gasteiger partial charge on any atom is 0.237 e. The van der Waals surface area contributed by atoms with Gasteiger partial charge in [0, 0.05) is 12.7 Å². The number of anilines is 1. The van der Waals surface area contributed by atoms with Gasteiger partial charge in [0.15, 0.2) is 11.6 Å². The van der Waals surface area contributed by atoms with Crippen molar-refractivity contribution in [3.8, 4) is 0 Å². The molecular formula is C15H16Cl2F2N4O2. The number of carbonyl (C=O) groups is 2. The van der Waals surface area contributed by atoms with E-state index in [-0.39, 0.29) is 36.9 Å². The van der Waals surface area contributed by atoms with Crippen molar-refractivity contribution in [1.29, 1.82) is 0 Å². The molecule has 0 bridgehead atoms. The molecule has 0 fully saturated rings. The molecule has 136 valence electrons.